The monoisotopic (exact) mass is 392 g/mol. The van der Waals surface area contributed by atoms with E-state index in [0.29, 0.717) is 15.6 Å². The van der Waals surface area contributed by atoms with Gasteiger partial charge in [0.05, 0.1) is 0 Å². The molecule has 21 heavy (non-hydrogen) atoms. The number of rotatable bonds is 5. The molecule has 0 N–H and O–H groups in total. The topological polar surface area (TPSA) is 34.1 Å². The molecule has 0 spiro atoms. The number of carbonyl (C=O) groups is 2. The zero-order valence-electron chi connectivity index (χ0n) is 12.1. The fourth-order valence-electron chi connectivity index (χ4n) is 2.16. The van der Waals surface area contributed by atoms with E-state index in [1.807, 2.05) is 37.3 Å². The number of hydrogen-bond donors (Lipinski definition) is 0. The quantitative estimate of drug-likeness (QED) is 0.325. The van der Waals surface area contributed by atoms with Gasteiger partial charge in [0.15, 0.2) is 11.6 Å². The second-order valence-corrected chi connectivity index (χ2v) is 6.12. The van der Waals surface area contributed by atoms with E-state index in [1.54, 1.807) is 31.2 Å². The standard InChI is InChI=1S/C18H17IO2/c1-13-8-10-15(11-9-13)17(21)18(2,12-19)16(20)14-6-4-3-5-7-14/h3-11H,12H2,1-2H3. The third kappa shape index (κ3) is 3.23. The lowest BCUT2D eigenvalue weighted by Gasteiger charge is -2.24. The van der Waals surface area contributed by atoms with Crippen molar-refractivity contribution in [2.75, 3.05) is 4.43 Å². The van der Waals surface area contributed by atoms with Crippen molar-refractivity contribution in [1.29, 1.82) is 0 Å². The minimum Gasteiger partial charge on any atom is -0.293 e. The van der Waals surface area contributed by atoms with Gasteiger partial charge >= 0.3 is 0 Å². The van der Waals surface area contributed by atoms with Crippen LogP contribution in [-0.2, 0) is 0 Å². The summed E-state index contributed by atoms with van der Waals surface area (Å²) < 4.78 is 0.450. The van der Waals surface area contributed by atoms with E-state index in [2.05, 4.69) is 22.6 Å². The van der Waals surface area contributed by atoms with Crippen LogP contribution in [0.5, 0.6) is 0 Å². The van der Waals surface area contributed by atoms with Crippen molar-refractivity contribution in [1.82, 2.24) is 0 Å². The molecule has 2 aromatic rings. The van der Waals surface area contributed by atoms with E-state index in [0.717, 1.165) is 5.56 Å². The van der Waals surface area contributed by atoms with Crippen LogP contribution in [0.4, 0.5) is 0 Å². The molecule has 3 heteroatoms. The Kier molecular flexibility index (Phi) is 4.93. The van der Waals surface area contributed by atoms with Gasteiger partial charge in [-0.05, 0) is 13.8 Å². The van der Waals surface area contributed by atoms with E-state index in [-0.39, 0.29) is 11.6 Å². The van der Waals surface area contributed by atoms with Crippen LogP contribution in [-0.4, -0.2) is 16.0 Å². The van der Waals surface area contributed by atoms with E-state index in [4.69, 9.17) is 0 Å². The molecule has 108 valence electrons. The smallest absolute Gasteiger partial charge is 0.177 e. The largest absolute Gasteiger partial charge is 0.293 e. The lowest BCUT2D eigenvalue weighted by Crippen LogP contribution is -2.38. The summed E-state index contributed by atoms with van der Waals surface area (Å²) in [7, 11) is 0. The van der Waals surface area contributed by atoms with E-state index < -0.39 is 5.41 Å². The van der Waals surface area contributed by atoms with Gasteiger partial charge in [0, 0.05) is 15.6 Å². The van der Waals surface area contributed by atoms with Crippen LogP contribution in [0.2, 0.25) is 0 Å². The number of alkyl halides is 1. The van der Waals surface area contributed by atoms with Crippen molar-refractivity contribution in [3.63, 3.8) is 0 Å². The van der Waals surface area contributed by atoms with Crippen molar-refractivity contribution in [2.24, 2.45) is 5.41 Å². The lowest BCUT2D eigenvalue weighted by atomic mass is 9.78. The van der Waals surface area contributed by atoms with Crippen LogP contribution < -0.4 is 0 Å². The third-order valence-electron chi connectivity index (χ3n) is 3.62. The van der Waals surface area contributed by atoms with Gasteiger partial charge in [-0.1, -0.05) is 82.8 Å². The molecule has 1 unspecified atom stereocenters. The maximum absolute atomic E-state index is 12.8. The SMILES string of the molecule is Cc1ccc(C(=O)C(C)(CI)C(=O)c2ccccc2)cc1. The van der Waals surface area contributed by atoms with Crippen LogP contribution in [0.25, 0.3) is 0 Å². The Hall–Kier alpha value is -1.49. The minimum atomic E-state index is -1.03. The molecule has 0 heterocycles. The molecule has 0 radical (unpaired) electrons. The van der Waals surface area contributed by atoms with Gasteiger partial charge in [0.2, 0.25) is 0 Å². The van der Waals surface area contributed by atoms with Crippen LogP contribution in [0, 0.1) is 12.3 Å². The summed E-state index contributed by atoms with van der Waals surface area (Å²) >= 11 is 2.12. The average Bonchev–Trinajstić information content (AvgIpc) is 2.54. The number of Topliss-reactive ketones (excluding diaryl/α,β-unsaturated/α-hetero) is 2. The summed E-state index contributed by atoms with van der Waals surface area (Å²) in [4.78, 5) is 25.6. The molecule has 0 aromatic heterocycles. The highest BCUT2D eigenvalue weighted by atomic mass is 127. The maximum Gasteiger partial charge on any atom is 0.177 e. The van der Waals surface area contributed by atoms with Crippen LogP contribution in [0.3, 0.4) is 0 Å². The van der Waals surface area contributed by atoms with Gasteiger partial charge in [-0.25, -0.2) is 0 Å². The van der Waals surface area contributed by atoms with Gasteiger partial charge in [-0.15, -0.1) is 0 Å². The highest BCUT2D eigenvalue weighted by molar-refractivity contribution is 14.1. The Morgan fingerprint density at radius 1 is 0.905 bits per heavy atom. The number of benzene rings is 2. The molecule has 0 aliphatic carbocycles. The Balaban J connectivity index is 2.39. The second-order valence-electron chi connectivity index (χ2n) is 5.36. The predicted molar refractivity (Wildman–Crippen MR) is 93.3 cm³/mol. The highest BCUT2D eigenvalue weighted by Crippen LogP contribution is 2.30. The minimum absolute atomic E-state index is 0.120. The molecule has 0 aliphatic rings. The Labute approximate surface area is 138 Å². The first-order valence-corrected chi connectivity index (χ1v) is 8.29. The van der Waals surface area contributed by atoms with Crippen LogP contribution in [0.15, 0.2) is 54.6 Å². The molecule has 0 fully saturated rings. The normalized spacial score (nSPS) is 13.5. The van der Waals surface area contributed by atoms with Crippen molar-refractivity contribution in [2.45, 2.75) is 13.8 Å². The van der Waals surface area contributed by atoms with Gasteiger partial charge in [0.1, 0.15) is 5.41 Å². The molecule has 0 amide bonds. The van der Waals surface area contributed by atoms with Crippen molar-refractivity contribution < 1.29 is 9.59 Å². The zero-order chi connectivity index (χ0) is 15.5. The Morgan fingerprint density at radius 3 is 1.86 bits per heavy atom. The van der Waals surface area contributed by atoms with Gasteiger partial charge in [-0.2, -0.15) is 0 Å². The third-order valence-corrected chi connectivity index (χ3v) is 5.14. The summed E-state index contributed by atoms with van der Waals surface area (Å²) in [6.45, 7) is 3.71. The van der Waals surface area contributed by atoms with E-state index in [9.17, 15) is 9.59 Å². The second kappa shape index (κ2) is 6.52. The first kappa shape index (κ1) is 15.9. The molecule has 0 saturated heterocycles. The van der Waals surface area contributed by atoms with Crippen molar-refractivity contribution in [3.8, 4) is 0 Å². The molecular formula is C18H17IO2. The Bertz CT molecular complexity index is 647. The highest BCUT2D eigenvalue weighted by Gasteiger charge is 2.40. The van der Waals surface area contributed by atoms with E-state index >= 15 is 0 Å². The maximum atomic E-state index is 12.8. The number of aryl methyl sites for hydroxylation is 1. The van der Waals surface area contributed by atoms with Crippen LogP contribution in [0.1, 0.15) is 33.2 Å². The van der Waals surface area contributed by atoms with Gasteiger partial charge in [-0.3, -0.25) is 9.59 Å². The number of ketones is 2. The lowest BCUT2D eigenvalue weighted by molar-refractivity contribution is 0.0721. The fraction of sp³-hybridized carbons (Fsp3) is 0.222. The molecule has 2 nitrogen and oxygen atoms in total. The Morgan fingerprint density at radius 2 is 1.38 bits per heavy atom. The molecule has 0 aliphatic heterocycles. The van der Waals surface area contributed by atoms with Crippen LogP contribution >= 0.6 is 22.6 Å². The van der Waals surface area contributed by atoms with Crippen molar-refractivity contribution in [3.05, 3.63) is 71.3 Å². The van der Waals surface area contributed by atoms with E-state index in [1.165, 1.54) is 0 Å². The van der Waals surface area contributed by atoms with Gasteiger partial charge < -0.3 is 0 Å². The summed E-state index contributed by atoms with van der Waals surface area (Å²) in [5.74, 6) is -0.242. The molecule has 0 saturated carbocycles. The number of hydrogen-bond acceptors (Lipinski definition) is 2. The average molecular weight is 392 g/mol. The molecule has 2 aromatic carbocycles. The first-order chi connectivity index (χ1) is 9.99. The predicted octanol–water partition coefficient (Wildman–Crippen LogP) is 4.50. The zero-order valence-corrected chi connectivity index (χ0v) is 14.3. The number of carbonyl (C=O) groups excluding carboxylic acids is 2. The molecule has 0 bridgehead atoms. The summed E-state index contributed by atoms with van der Waals surface area (Å²) in [5.41, 5.74) is 1.23. The molecular weight excluding hydrogens is 375 g/mol. The summed E-state index contributed by atoms with van der Waals surface area (Å²) in [5, 5.41) is 0. The van der Waals surface area contributed by atoms with Crippen molar-refractivity contribution >= 4 is 34.2 Å². The summed E-state index contributed by atoms with van der Waals surface area (Å²) in [6, 6.07) is 16.4. The molecule has 2 rings (SSSR count). The molecule has 1 atom stereocenters. The summed E-state index contributed by atoms with van der Waals surface area (Å²) in [6.07, 6.45) is 0. The first-order valence-electron chi connectivity index (χ1n) is 6.76. The fourth-order valence-corrected chi connectivity index (χ4v) is 2.85. The number of halogens is 1. The van der Waals surface area contributed by atoms with Gasteiger partial charge in [0.25, 0.3) is 0 Å².